The summed E-state index contributed by atoms with van der Waals surface area (Å²) in [5.74, 6) is 1.12. The van der Waals surface area contributed by atoms with Gasteiger partial charge in [0.25, 0.3) is 0 Å². The van der Waals surface area contributed by atoms with Crippen LogP contribution in [0, 0.1) is 11.8 Å². The second kappa shape index (κ2) is 9.72. The monoisotopic (exact) mass is 187 g/mol. The highest BCUT2D eigenvalue weighted by atomic mass is 16.1. The van der Waals surface area contributed by atoms with Crippen molar-refractivity contribution in [1.29, 1.82) is 0 Å². The maximum absolute atomic E-state index is 10.9. The summed E-state index contributed by atoms with van der Waals surface area (Å²) >= 11 is 0. The summed E-state index contributed by atoms with van der Waals surface area (Å²) in [6, 6.07) is 0. The van der Waals surface area contributed by atoms with Gasteiger partial charge >= 0.3 is 0 Å². The van der Waals surface area contributed by atoms with Gasteiger partial charge in [0.15, 0.2) is 0 Å². The SMILES string of the molecule is CC.CNCC(C)CC(C)C(C)=O. The van der Waals surface area contributed by atoms with Crippen molar-refractivity contribution < 1.29 is 4.79 Å². The molecular formula is C11H25NO. The summed E-state index contributed by atoms with van der Waals surface area (Å²) in [5, 5.41) is 3.10. The van der Waals surface area contributed by atoms with Gasteiger partial charge < -0.3 is 5.32 Å². The average Bonchev–Trinajstić information content (AvgIpc) is 2.08. The maximum Gasteiger partial charge on any atom is 0.132 e. The summed E-state index contributed by atoms with van der Waals surface area (Å²) in [7, 11) is 1.94. The van der Waals surface area contributed by atoms with E-state index in [1.807, 2.05) is 27.8 Å². The lowest BCUT2D eigenvalue weighted by Crippen LogP contribution is -2.20. The number of ketones is 1. The van der Waals surface area contributed by atoms with Crippen molar-refractivity contribution in [3.05, 3.63) is 0 Å². The lowest BCUT2D eigenvalue weighted by molar-refractivity contribution is -0.120. The number of hydrogen-bond donors (Lipinski definition) is 1. The first-order valence-electron chi connectivity index (χ1n) is 5.23. The van der Waals surface area contributed by atoms with Crippen molar-refractivity contribution in [2.75, 3.05) is 13.6 Å². The first kappa shape index (κ1) is 15.1. The van der Waals surface area contributed by atoms with Crippen LogP contribution in [0.25, 0.3) is 0 Å². The van der Waals surface area contributed by atoms with Crippen LogP contribution in [0.2, 0.25) is 0 Å². The zero-order valence-corrected chi connectivity index (χ0v) is 9.98. The van der Waals surface area contributed by atoms with Crippen LogP contribution in [0.5, 0.6) is 0 Å². The third-order valence-electron chi connectivity index (χ3n) is 2.00. The van der Waals surface area contributed by atoms with Crippen molar-refractivity contribution in [1.82, 2.24) is 5.32 Å². The van der Waals surface area contributed by atoms with E-state index in [1.54, 1.807) is 6.92 Å². The molecule has 0 heterocycles. The van der Waals surface area contributed by atoms with E-state index >= 15 is 0 Å². The maximum atomic E-state index is 10.9. The first-order valence-corrected chi connectivity index (χ1v) is 5.23. The number of rotatable bonds is 5. The molecule has 0 fully saturated rings. The van der Waals surface area contributed by atoms with Gasteiger partial charge in [-0.1, -0.05) is 27.7 Å². The molecule has 0 aromatic rings. The van der Waals surface area contributed by atoms with Crippen LogP contribution in [0.4, 0.5) is 0 Å². The van der Waals surface area contributed by atoms with Gasteiger partial charge in [-0.3, -0.25) is 4.79 Å². The van der Waals surface area contributed by atoms with Gasteiger partial charge in [-0.15, -0.1) is 0 Å². The number of carbonyl (C=O) groups excluding carboxylic acids is 1. The molecule has 0 aliphatic heterocycles. The normalized spacial score (nSPS) is 14.0. The van der Waals surface area contributed by atoms with Gasteiger partial charge in [0.05, 0.1) is 0 Å². The Kier molecular flexibility index (Phi) is 11.3. The highest BCUT2D eigenvalue weighted by Gasteiger charge is 2.11. The average molecular weight is 187 g/mol. The van der Waals surface area contributed by atoms with Gasteiger partial charge in [0.2, 0.25) is 0 Å². The lowest BCUT2D eigenvalue weighted by Gasteiger charge is -2.13. The summed E-state index contributed by atoms with van der Waals surface area (Å²) in [6.45, 7) is 10.8. The fraction of sp³-hybridized carbons (Fsp3) is 0.909. The molecule has 0 saturated heterocycles. The highest BCUT2D eigenvalue weighted by Crippen LogP contribution is 2.11. The van der Waals surface area contributed by atoms with Crippen LogP contribution in [0.3, 0.4) is 0 Å². The molecule has 1 N–H and O–H groups in total. The molecule has 0 aliphatic rings. The van der Waals surface area contributed by atoms with Gasteiger partial charge in [0.1, 0.15) is 5.78 Å². The van der Waals surface area contributed by atoms with Crippen molar-refractivity contribution in [3.8, 4) is 0 Å². The summed E-state index contributed by atoms with van der Waals surface area (Å²) in [6.07, 6.45) is 0.996. The Bertz CT molecular complexity index is 123. The zero-order valence-electron chi connectivity index (χ0n) is 9.98. The molecule has 0 aromatic carbocycles. The van der Waals surface area contributed by atoms with Gasteiger partial charge in [0, 0.05) is 5.92 Å². The number of carbonyl (C=O) groups is 1. The minimum Gasteiger partial charge on any atom is -0.319 e. The Morgan fingerprint density at radius 1 is 1.31 bits per heavy atom. The molecular weight excluding hydrogens is 162 g/mol. The Hall–Kier alpha value is -0.370. The molecule has 0 saturated carbocycles. The summed E-state index contributed by atoms with van der Waals surface area (Å²) < 4.78 is 0. The fourth-order valence-electron chi connectivity index (χ4n) is 1.20. The second-order valence-corrected chi connectivity index (χ2v) is 3.41. The van der Waals surface area contributed by atoms with Crippen molar-refractivity contribution in [2.45, 2.75) is 41.0 Å². The number of Topliss-reactive ketones (excluding diaryl/α,β-unsaturated/α-hetero) is 1. The molecule has 0 spiro atoms. The molecule has 0 amide bonds. The Morgan fingerprint density at radius 3 is 2.08 bits per heavy atom. The zero-order chi connectivity index (χ0) is 10.9. The minimum atomic E-state index is 0.221. The molecule has 80 valence electrons. The van der Waals surface area contributed by atoms with Crippen molar-refractivity contribution in [3.63, 3.8) is 0 Å². The van der Waals surface area contributed by atoms with Gasteiger partial charge in [-0.2, -0.15) is 0 Å². The Labute approximate surface area is 83.1 Å². The van der Waals surface area contributed by atoms with Crippen LogP contribution in [0.15, 0.2) is 0 Å². The van der Waals surface area contributed by atoms with Crippen LogP contribution in [0.1, 0.15) is 41.0 Å². The smallest absolute Gasteiger partial charge is 0.132 e. The van der Waals surface area contributed by atoms with E-state index in [0.29, 0.717) is 11.7 Å². The molecule has 2 unspecified atom stereocenters. The highest BCUT2D eigenvalue weighted by molar-refractivity contribution is 5.77. The molecule has 0 bridgehead atoms. The minimum absolute atomic E-state index is 0.221. The van der Waals surface area contributed by atoms with E-state index < -0.39 is 0 Å². The predicted octanol–water partition coefficient (Wildman–Crippen LogP) is 2.48. The first-order chi connectivity index (χ1) is 6.07. The molecule has 0 aliphatic carbocycles. The summed E-state index contributed by atoms with van der Waals surface area (Å²) in [4.78, 5) is 10.9. The van der Waals surface area contributed by atoms with Gasteiger partial charge in [-0.05, 0) is 32.9 Å². The van der Waals surface area contributed by atoms with E-state index in [-0.39, 0.29) is 5.92 Å². The van der Waals surface area contributed by atoms with E-state index in [0.717, 1.165) is 13.0 Å². The largest absolute Gasteiger partial charge is 0.319 e. The van der Waals surface area contributed by atoms with E-state index in [4.69, 9.17) is 0 Å². The number of hydrogen-bond acceptors (Lipinski definition) is 2. The van der Waals surface area contributed by atoms with Gasteiger partial charge in [-0.25, -0.2) is 0 Å². The van der Waals surface area contributed by atoms with Crippen molar-refractivity contribution in [2.24, 2.45) is 11.8 Å². The quantitative estimate of drug-likeness (QED) is 0.716. The van der Waals surface area contributed by atoms with Crippen LogP contribution in [-0.2, 0) is 4.79 Å². The third kappa shape index (κ3) is 9.54. The van der Waals surface area contributed by atoms with E-state index in [1.165, 1.54) is 0 Å². The Morgan fingerprint density at radius 2 is 1.77 bits per heavy atom. The third-order valence-corrected chi connectivity index (χ3v) is 2.00. The van der Waals surface area contributed by atoms with E-state index in [9.17, 15) is 4.79 Å². The molecule has 2 heteroatoms. The standard InChI is InChI=1S/C9H19NO.C2H6/c1-7(6-10-4)5-8(2)9(3)11;1-2/h7-8,10H,5-6H2,1-4H3;1-2H3. The molecule has 0 aromatic heterocycles. The Balaban J connectivity index is 0. The molecule has 0 rings (SSSR count). The lowest BCUT2D eigenvalue weighted by atomic mass is 9.95. The predicted molar refractivity (Wildman–Crippen MR) is 58.9 cm³/mol. The molecule has 2 nitrogen and oxygen atoms in total. The second-order valence-electron chi connectivity index (χ2n) is 3.41. The van der Waals surface area contributed by atoms with Crippen LogP contribution >= 0.6 is 0 Å². The van der Waals surface area contributed by atoms with Crippen LogP contribution < -0.4 is 5.32 Å². The molecule has 0 radical (unpaired) electrons. The van der Waals surface area contributed by atoms with Crippen LogP contribution in [-0.4, -0.2) is 19.4 Å². The van der Waals surface area contributed by atoms with Crippen molar-refractivity contribution >= 4 is 5.78 Å². The molecule has 13 heavy (non-hydrogen) atoms. The fourth-order valence-corrected chi connectivity index (χ4v) is 1.20. The van der Waals surface area contributed by atoms with E-state index in [2.05, 4.69) is 12.2 Å². The molecule has 2 atom stereocenters. The topological polar surface area (TPSA) is 29.1 Å². The number of nitrogens with one attached hydrogen (secondary N) is 1. The summed E-state index contributed by atoms with van der Waals surface area (Å²) in [5.41, 5.74) is 0.